The van der Waals surface area contributed by atoms with Gasteiger partial charge in [0.1, 0.15) is 6.04 Å². The molecule has 3 rings (SSSR count). The lowest BCUT2D eigenvalue weighted by molar-refractivity contribution is -0.121. The Hall–Kier alpha value is -2.54. The summed E-state index contributed by atoms with van der Waals surface area (Å²) in [5.74, 6) is -0.470. The average molecular weight is 345 g/mol. The fourth-order valence-corrected chi connectivity index (χ4v) is 3.16. The van der Waals surface area contributed by atoms with Gasteiger partial charge in [0.05, 0.1) is 5.52 Å². The number of thiophene rings is 1. The predicted molar refractivity (Wildman–Crippen MR) is 95.6 cm³/mol. The number of rotatable bonds is 6. The first-order valence-electron chi connectivity index (χ1n) is 7.71. The Morgan fingerprint density at radius 1 is 1.38 bits per heavy atom. The summed E-state index contributed by atoms with van der Waals surface area (Å²) in [6.07, 6.45) is 0.831. The molecule has 7 heteroatoms. The van der Waals surface area contributed by atoms with Crippen LogP contribution in [0.15, 0.2) is 44.9 Å². The normalized spacial score (nSPS) is 12.2. The molecule has 2 N–H and O–H groups in total. The number of hydrogen-bond acceptors (Lipinski definition) is 5. The maximum Gasteiger partial charge on any atom is 0.419 e. The van der Waals surface area contributed by atoms with E-state index in [4.69, 9.17) is 4.42 Å². The average Bonchev–Trinajstić information content (AvgIpc) is 3.16. The molecule has 126 valence electrons. The molecular formula is C17H19N3O3S. The lowest BCUT2D eigenvalue weighted by atomic mass is 10.2. The van der Waals surface area contributed by atoms with Crippen molar-refractivity contribution < 1.29 is 9.21 Å². The second-order valence-electron chi connectivity index (χ2n) is 5.60. The number of benzene rings is 1. The van der Waals surface area contributed by atoms with Crippen molar-refractivity contribution in [2.45, 2.75) is 19.4 Å². The lowest BCUT2D eigenvalue weighted by Crippen LogP contribution is -2.38. The number of nitrogens with one attached hydrogen (secondary N) is 2. The van der Waals surface area contributed by atoms with E-state index in [1.807, 2.05) is 17.5 Å². The molecule has 24 heavy (non-hydrogen) atoms. The van der Waals surface area contributed by atoms with Gasteiger partial charge < -0.3 is 15.1 Å². The van der Waals surface area contributed by atoms with Crippen LogP contribution < -0.4 is 16.4 Å². The van der Waals surface area contributed by atoms with E-state index in [-0.39, 0.29) is 11.9 Å². The first kappa shape index (κ1) is 16.3. The number of fused-ring (bicyclic) bond motifs is 1. The van der Waals surface area contributed by atoms with Crippen LogP contribution in [0.1, 0.15) is 11.8 Å². The number of aromatic nitrogens is 1. The molecule has 0 bridgehead atoms. The van der Waals surface area contributed by atoms with Crippen LogP contribution in [0.2, 0.25) is 0 Å². The van der Waals surface area contributed by atoms with Gasteiger partial charge in [-0.1, -0.05) is 6.07 Å². The summed E-state index contributed by atoms with van der Waals surface area (Å²) in [5.41, 5.74) is 1.95. The van der Waals surface area contributed by atoms with Crippen molar-refractivity contribution in [2.24, 2.45) is 7.05 Å². The maximum atomic E-state index is 12.1. The van der Waals surface area contributed by atoms with E-state index in [0.29, 0.717) is 12.1 Å². The Labute approximate surface area is 143 Å². The van der Waals surface area contributed by atoms with Gasteiger partial charge in [-0.3, -0.25) is 9.36 Å². The fourth-order valence-electron chi connectivity index (χ4n) is 2.46. The topological polar surface area (TPSA) is 76.3 Å². The number of oxazole rings is 1. The van der Waals surface area contributed by atoms with Gasteiger partial charge in [0.2, 0.25) is 5.91 Å². The van der Waals surface area contributed by atoms with E-state index in [0.717, 1.165) is 17.6 Å². The van der Waals surface area contributed by atoms with E-state index in [9.17, 15) is 9.59 Å². The van der Waals surface area contributed by atoms with E-state index in [1.165, 1.54) is 9.44 Å². The molecule has 0 aliphatic carbocycles. The van der Waals surface area contributed by atoms with E-state index in [2.05, 4.69) is 16.7 Å². The van der Waals surface area contributed by atoms with Gasteiger partial charge in [-0.05, 0) is 36.9 Å². The van der Waals surface area contributed by atoms with Gasteiger partial charge in [0.15, 0.2) is 5.58 Å². The summed E-state index contributed by atoms with van der Waals surface area (Å²) >= 11 is 1.68. The number of carbonyl (C=O) groups is 1. The summed E-state index contributed by atoms with van der Waals surface area (Å²) in [6, 6.07) is 9.02. The second kappa shape index (κ2) is 6.92. The van der Waals surface area contributed by atoms with Crippen molar-refractivity contribution in [2.75, 3.05) is 11.9 Å². The Morgan fingerprint density at radius 3 is 2.96 bits per heavy atom. The highest BCUT2D eigenvalue weighted by Gasteiger charge is 2.13. The molecule has 1 amide bonds. The molecule has 0 saturated heterocycles. The third-order valence-corrected chi connectivity index (χ3v) is 4.76. The van der Waals surface area contributed by atoms with E-state index >= 15 is 0 Å². The monoisotopic (exact) mass is 345 g/mol. The van der Waals surface area contributed by atoms with Crippen molar-refractivity contribution in [1.29, 1.82) is 0 Å². The quantitative estimate of drug-likeness (QED) is 0.719. The minimum absolute atomic E-state index is 0.0684. The second-order valence-corrected chi connectivity index (χ2v) is 6.63. The highest BCUT2D eigenvalue weighted by atomic mass is 32.1. The van der Waals surface area contributed by atoms with Gasteiger partial charge in [-0.15, -0.1) is 11.3 Å². The van der Waals surface area contributed by atoms with Crippen molar-refractivity contribution in [1.82, 2.24) is 9.88 Å². The highest BCUT2D eigenvalue weighted by Crippen LogP contribution is 2.18. The molecule has 0 saturated carbocycles. The van der Waals surface area contributed by atoms with E-state index in [1.54, 1.807) is 37.4 Å². The standard InChI is InChI=1S/C17H19N3O3S/c1-11(16(21)18-8-7-13-4-3-9-24-13)19-12-5-6-14-15(10-12)23-17(22)20(14)2/h3-6,9-11,19H,7-8H2,1-2H3,(H,18,21)/t11-/m1/s1. The highest BCUT2D eigenvalue weighted by molar-refractivity contribution is 7.09. The Bertz CT molecular complexity index is 896. The largest absolute Gasteiger partial charge is 0.419 e. The lowest BCUT2D eigenvalue weighted by Gasteiger charge is -2.15. The molecule has 1 aromatic carbocycles. The van der Waals surface area contributed by atoms with Crippen LogP contribution in [0.4, 0.5) is 5.69 Å². The zero-order valence-electron chi connectivity index (χ0n) is 13.5. The molecular weight excluding hydrogens is 326 g/mol. The SMILES string of the molecule is C[C@@H](Nc1ccc2c(c1)oc(=O)n2C)C(=O)NCCc1cccs1. The first-order chi connectivity index (χ1) is 11.5. The van der Waals surface area contributed by atoms with Crippen LogP contribution in [0.5, 0.6) is 0 Å². The van der Waals surface area contributed by atoms with Crippen LogP contribution in [-0.4, -0.2) is 23.1 Å². The third-order valence-electron chi connectivity index (χ3n) is 3.82. The Balaban J connectivity index is 1.58. The van der Waals surface area contributed by atoms with Crippen molar-refractivity contribution in [3.63, 3.8) is 0 Å². The molecule has 0 spiro atoms. The summed E-state index contributed by atoms with van der Waals surface area (Å²) in [6.45, 7) is 2.41. The zero-order valence-corrected chi connectivity index (χ0v) is 14.4. The zero-order chi connectivity index (χ0) is 17.1. The number of amides is 1. The number of carbonyl (C=O) groups excluding carboxylic acids is 1. The summed E-state index contributed by atoms with van der Waals surface area (Å²) in [5, 5.41) is 8.07. The molecule has 0 aliphatic heterocycles. The minimum Gasteiger partial charge on any atom is -0.408 e. The van der Waals surface area contributed by atoms with Gasteiger partial charge in [0.25, 0.3) is 0 Å². The van der Waals surface area contributed by atoms with Crippen molar-refractivity contribution in [3.8, 4) is 0 Å². The van der Waals surface area contributed by atoms with Crippen molar-refractivity contribution >= 4 is 34.0 Å². The summed E-state index contributed by atoms with van der Waals surface area (Å²) < 4.78 is 6.60. The van der Waals surface area contributed by atoms with Crippen LogP contribution >= 0.6 is 11.3 Å². The van der Waals surface area contributed by atoms with Crippen molar-refractivity contribution in [3.05, 3.63) is 51.1 Å². The summed E-state index contributed by atoms with van der Waals surface area (Å²) in [4.78, 5) is 24.9. The predicted octanol–water partition coefficient (Wildman–Crippen LogP) is 2.35. The minimum atomic E-state index is -0.401. The number of aryl methyl sites for hydroxylation is 1. The van der Waals surface area contributed by atoms with Crippen LogP contribution in [-0.2, 0) is 18.3 Å². The smallest absolute Gasteiger partial charge is 0.408 e. The third kappa shape index (κ3) is 3.51. The van der Waals surface area contributed by atoms with Gasteiger partial charge in [-0.25, -0.2) is 4.79 Å². The van der Waals surface area contributed by atoms with Crippen LogP contribution in [0.25, 0.3) is 11.1 Å². The molecule has 2 heterocycles. The molecule has 0 aliphatic rings. The maximum absolute atomic E-state index is 12.1. The Morgan fingerprint density at radius 2 is 2.21 bits per heavy atom. The molecule has 2 aromatic heterocycles. The number of hydrogen-bond donors (Lipinski definition) is 2. The van der Waals surface area contributed by atoms with Crippen LogP contribution in [0.3, 0.4) is 0 Å². The molecule has 0 radical (unpaired) electrons. The molecule has 0 unspecified atom stereocenters. The number of anilines is 1. The molecule has 3 aromatic rings. The fraction of sp³-hybridized carbons (Fsp3) is 0.294. The molecule has 6 nitrogen and oxygen atoms in total. The van der Waals surface area contributed by atoms with Crippen LogP contribution in [0, 0.1) is 0 Å². The first-order valence-corrected chi connectivity index (χ1v) is 8.59. The van der Waals surface area contributed by atoms with Gasteiger partial charge in [0, 0.05) is 30.2 Å². The number of nitrogens with zero attached hydrogens (tertiary/aromatic N) is 1. The van der Waals surface area contributed by atoms with E-state index < -0.39 is 5.76 Å². The molecule has 1 atom stereocenters. The molecule has 0 fully saturated rings. The van der Waals surface area contributed by atoms with Gasteiger partial charge in [-0.2, -0.15) is 0 Å². The summed E-state index contributed by atoms with van der Waals surface area (Å²) in [7, 11) is 1.66. The Kier molecular flexibility index (Phi) is 4.71. The van der Waals surface area contributed by atoms with Gasteiger partial charge >= 0.3 is 5.76 Å².